The maximum atomic E-state index is 12.8. The minimum atomic E-state index is -0.376. The van der Waals surface area contributed by atoms with Crippen LogP contribution in [0.5, 0.6) is 0 Å². The van der Waals surface area contributed by atoms with Gasteiger partial charge < -0.3 is 4.90 Å². The van der Waals surface area contributed by atoms with Gasteiger partial charge in [-0.25, -0.2) is 4.39 Å². The minimum absolute atomic E-state index is 0.178. The van der Waals surface area contributed by atoms with Crippen molar-refractivity contribution in [3.63, 3.8) is 0 Å². The molecule has 0 radical (unpaired) electrons. The van der Waals surface area contributed by atoms with Gasteiger partial charge >= 0.3 is 0 Å². The Labute approximate surface area is 101 Å². The fraction of sp³-hybridized carbons (Fsp3) is 0.300. The van der Waals surface area contributed by atoms with Crippen LogP contribution >= 0.6 is 27.5 Å². The van der Waals surface area contributed by atoms with E-state index in [0.29, 0.717) is 22.5 Å². The molecule has 0 aliphatic carbocycles. The van der Waals surface area contributed by atoms with Gasteiger partial charge in [0.15, 0.2) is 0 Å². The minimum Gasteiger partial charge on any atom is -0.340 e. The van der Waals surface area contributed by atoms with Crippen molar-refractivity contribution in [3.05, 3.63) is 34.1 Å². The van der Waals surface area contributed by atoms with Crippen molar-refractivity contribution < 1.29 is 9.18 Å². The zero-order valence-corrected chi connectivity index (χ0v) is 10.5. The molecule has 1 aromatic carbocycles. The lowest BCUT2D eigenvalue weighted by atomic mass is 10.2. The number of carbonyl (C=O) groups is 1. The predicted octanol–water partition coefficient (Wildman–Crippen LogP) is 2.90. The van der Waals surface area contributed by atoms with Gasteiger partial charge in [-0.1, -0.05) is 0 Å². The maximum absolute atomic E-state index is 12.8. The van der Waals surface area contributed by atoms with E-state index in [4.69, 9.17) is 11.6 Å². The Balaban J connectivity index is 2.91. The number of rotatable bonds is 3. The van der Waals surface area contributed by atoms with Gasteiger partial charge in [-0.05, 0) is 34.1 Å². The average Bonchev–Trinajstić information content (AvgIpc) is 2.17. The lowest BCUT2D eigenvalue weighted by molar-refractivity contribution is 0.0802. The number of benzene rings is 1. The van der Waals surface area contributed by atoms with Crippen molar-refractivity contribution in [2.75, 3.05) is 19.5 Å². The lowest BCUT2D eigenvalue weighted by Gasteiger charge is -2.16. The summed E-state index contributed by atoms with van der Waals surface area (Å²) in [6.07, 6.45) is 0. The van der Waals surface area contributed by atoms with E-state index < -0.39 is 0 Å². The molecule has 5 heteroatoms. The first-order valence-corrected chi connectivity index (χ1v) is 5.65. The van der Waals surface area contributed by atoms with Crippen molar-refractivity contribution in [3.8, 4) is 0 Å². The van der Waals surface area contributed by atoms with E-state index in [1.807, 2.05) is 0 Å². The van der Waals surface area contributed by atoms with Gasteiger partial charge in [-0.2, -0.15) is 0 Å². The summed E-state index contributed by atoms with van der Waals surface area (Å²) >= 11 is 8.67. The van der Waals surface area contributed by atoms with Crippen molar-refractivity contribution >= 4 is 33.4 Å². The summed E-state index contributed by atoms with van der Waals surface area (Å²) in [7, 11) is 1.65. The molecule has 0 saturated heterocycles. The highest BCUT2D eigenvalue weighted by atomic mass is 79.9. The van der Waals surface area contributed by atoms with Crippen LogP contribution in [-0.2, 0) is 0 Å². The molecule has 1 amide bonds. The molecule has 2 nitrogen and oxygen atoms in total. The van der Waals surface area contributed by atoms with Crippen molar-refractivity contribution in [2.45, 2.75) is 0 Å². The number of nitrogens with zero attached hydrogens (tertiary/aromatic N) is 1. The molecule has 82 valence electrons. The molecule has 0 aromatic heterocycles. The van der Waals surface area contributed by atoms with E-state index in [2.05, 4.69) is 15.9 Å². The average molecular weight is 295 g/mol. The predicted molar refractivity (Wildman–Crippen MR) is 61.8 cm³/mol. The molecule has 0 atom stereocenters. The second-order valence-electron chi connectivity index (χ2n) is 3.04. The number of amides is 1. The quantitative estimate of drug-likeness (QED) is 0.785. The Morgan fingerprint density at radius 1 is 1.60 bits per heavy atom. The second-order valence-corrected chi connectivity index (χ2v) is 4.27. The summed E-state index contributed by atoms with van der Waals surface area (Å²) in [5, 5.41) is 0. The normalized spacial score (nSPS) is 10.1. The first-order chi connectivity index (χ1) is 7.06. The Bertz CT molecular complexity index is 372. The van der Waals surface area contributed by atoms with Gasteiger partial charge in [0, 0.05) is 23.9 Å². The molecule has 0 saturated carbocycles. The molecule has 0 spiro atoms. The van der Waals surface area contributed by atoms with Crippen LogP contribution in [0.2, 0.25) is 0 Å². The van der Waals surface area contributed by atoms with Crippen LogP contribution in [0.25, 0.3) is 0 Å². The van der Waals surface area contributed by atoms with E-state index in [0.717, 1.165) is 0 Å². The highest BCUT2D eigenvalue weighted by Crippen LogP contribution is 2.19. The molecule has 0 aliphatic heterocycles. The SMILES string of the molecule is CN(CCCl)C(=O)c1ccc(F)cc1Br. The zero-order valence-electron chi connectivity index (χ0n) is 8.14. The second kappa shape index (κ2) is 5.47. The lowest BCUT2D eigenvalue weighted by Crippen LogP contribution is -2.28. The van der Waals surface area contributed by atoms with E-state index in [-0.39, 0.29) is 11.7 Å². The fourth-order valence-electron chi connectivity index (χ4n) is 1.10. The molecule has 1 rings (SSSR count). The summed E-state index contributed by atoms with van der Waals surface area (Å²) in [6.45, 7) is 0.463. The number of hydrogen-bond donors (Lipinski definition) is 0. The molecule has 0 fully saturated rings. The van der Waals surface area contributed by atoms with Crippen LogP contribution in [-0.4, -0.2) is 30.3 Å². The standard InChI is InChI=1S/C10H10BrClFNO/c1-14(5-4-12)10(15)8-3-2-7(13)6-9(8)11/h2-3,6H,4-5H2,1H3. The Kier molecular flexibility index (Phi) is 4.54. The molecule has 0 heterocycles. The van der Waals surface area contributed by atoms with Crippen LogP contribution in [0.3, 0.4) is 0 Å². The third kappa shape index (κ3) is 3.18. The van der Waals surface area contributed by atoms with Gasteiger partial charge in [0.25, 0.3) is 5.91 Å². The van der Waals surface area contributed by atoms with Crippen LogP contribution in [0.15, 0.2) is 22.7 Å². The van der Waals surface area contributed by atoms with Gasteiger partial charge in [-0.3, -0.25) is 4.79 Å². The van der Waals surface area contributed by atoms with E-state index in [1.165, 1.54) is 23.1 Å². The highest BCUT2D eigenvalue weighted by Gasteiger charge is 2.14. The third-order valence-corrected chi connectivity index (χ3v) is 2.75. The first kappa shape index (κ1) is 12.5. The van der Waals surface area contributed by atoms with Gasteiger partial charge in [0.1, 0.15) is 5.82 Å². The first-order valence-electron chi connectivity index (χ1n) is 4.32. The molecular formula is C10H10BrClFNO. The van der Waals surface area contributed by atoms with Gasteiger partial charge in [0.2, 0.25) is 0 Å². The number of hydrogen-bond acceptors (Lipinski definition) is 1. The summed E-state index contributed by atoms with van der Waals surface area (Å²) in [4.78, 5) is 13.3. The molecular weight excluding hydrogens is 284 g/mol. The Hall–Kier alpha value is -0.610. The molecule has 0 aliphatic rings. The Morgan fingerprint density at radius 2 is 2.27 bits per heavy atom. The topological polar surface area (TPSA) is 20.3 Å². The molecule has 0 unspecified atom stereocenters. The fourth-order valence-corrected chi connectivity index (χ4v) is 1.87. The van der Waals surface area contributed by atoms with Crippen LogP contribution < -0.4 is 0 Å². The Morgan fingerprint density at radius 3 is 2.80 bits per heavy atom. The van der Waals surface area contributed by atoms with Crippen LogP contribution in [0, 0.1) is 5.82 Å². The number of alkyl halides is 1. The number of carbonyl (C=O) groups excluding carboxylic acids is 1. The summed E-state index contributed by atoms with van der Waals surface area (Å²) < 4.78 is 13.2. The molecule has 1 aromatic rings. The molecule has 0 bridgehead atoms. The van der Waals surface area contributed by atoms with E-state index in [9.17, 15) is 9.18 Å². The summed E-state index contributed by atoms with van der Waals surface area (Å²) in [5.74, 6) is -0.179. The maximum Gasteiger partial charge on any atom is 0.254 e. The zero-order chi connectivity index (χ0) is 11.4. The molecule has 15 heavy (non-hydrogen) atoms. The summed E-state index contributed by atoms with van der Waals surface area (Å²) in [5.41, 5.74) is 0.434. The monoisotopic (exact) mass is 293 g/mol. The number of halogens is 3. The van der Waals surface area contributed by atoms with Crippen LogP contribution in [0.1, 0.15) is 10.4 Å². The van der Waals surface area contributed by atoms with Gasteiger partial charge in [-0.15, -0.1) is 11.6 Å². The molecule has 0 N–H and O–H groups in total. The third-order valence-electron chi connectivity index (χ3n) is 1.93. The van der Waals surface area contributed by atoms with Crippen molar-refractivity contribution in [1.82, 2.24) is 4.90 Å². The smallest absolute Gasteiger partial charge is 0.254 e. The van der Waals surface area contributed by atoms with Crippen LogP contribution in [0.4, 0.5) is 4.39 Å². The van der Waals surface area contributed by atoms with Crippen molar-refractivity contribution in [1.29, 1.82) is 0 Å². The largest absolute Gasteiger partial charge is 0.340 e. The van der Waals surface area contributed by atoms with Crippen molar-refractivity contribution in [2.24, 2.45) is 0 Å². The summed E-state index contributed by atoms with van der Waals surface area (Å²) in [6, 6.07) is 3.97. The van der Waals surface area contributed by atoms with E-state index in [1.54, 1.807) is 7.05 Å². The highest BCUT2D eigenvalue weighted by molar-refractivity contribution is 9.10. The van der Waals surface area contributed by atoms with E-state index >= 15 is 0 Å². The van der Waals surface area contributed by atoms with Gasteiger partial charge in [0.05, 0.1) is 5.56 Å².